The number of thioether (sulfide) groups is 1. The van der Waals surface area contributed by atoms with Crippen LogP contribution in [0.4, 0.5) is 0 Å². The fourth-order valence-corrected chi connectivity index (χ4v) is 2.80. The summed E-state index contributed by atoms with van der Waals surface area (Å²) in [4.78, 5) is 4.25. The third-order valence-electron chi connectivity index (χ3n) is 2.24. The minimum Gasteiger partial charge on any atom is -0.294 e. The van der Waals surface area contributed by atoms with Gasteiger partial charge in [0.25, 0.3) is 0 Å². The normalized spacial score (nSPS) is 10.2. The molecule has 1 aromatic carbocycles. The quantitative estimate of drug-likeness (QED) is 0.814. The summed E-state index contributed by atoms with van der Waals surface area (Å²) in [5.41, 5.74) is 2.24. The molecule has 0 spiro atoms. The second-order valence-electron chi connectivity index (χ2n) is 3.48. The topological polar surface area (TPSA) is 41.6 Å². The molecule has 3 nitrogen and oxygen atoms in total. The first kappa shape index (κ1) is 12.2. The van der Waals surface area contributed by atoms with Crippen LogP contribution in [0.5, 0.6) is 0 Å². The van der Waals surface area contributed by atoms with Crippen molar-refractivity contribution >= 4 is 27.7 Å². The average molecular weight is 308 g/mol. The van der Waals surface area contributed by atoms with Crippen LogP contribution in [0.1, 0.15) is 5.56 Å². The molecule has 2 aromatic rings. The van der Waals surface area contributed by atoms with Crippen molar-refractivity contribution in [3.8, 4) is 11.8 Å². The fraction of sp³-hybridized carbons (Fsp3) is 0.167. The Morgan fingerprint density at radius 2 is 2.35 bits per heavy atom. The van der Waals surface area contributed by atoms with Gasteiger partial charge in [0, 0.05) is 16.9 Å². The Labute approximate surface area is 113 Å². The number of nitrogens with zero attached hydrogens (tertiary/aromatic N) is 3. The Bertz CT molecular complexity index is 571. The van der Waals surface area contributed by atoms with Crippen LogP contribution in [-0.2, 0) is 0 Å². The number of benzene rings is 1. The summed E-state index contributed by atoms with van der Waals surface area (Å²) in [5, 5.41) is 9.43. The van der Waals surface area contributed by atoms with Gasteiger partial charge < -0.3 is 0 Å². The van der Waals surface area contributed by atoms with Gasteiger partial charge in [0.15, 0.2) is 5.16 Å². The molecule has 1 heterocycles. The van der Waals surface area contributed by atoms with Crippen LogP contribution >= 0.6 is 27.7 Å². The predicted octanol–water partition coefficient (Wildman–Crippen LogP) is 3.56. The van der Waals surface area contributed by atoms with Gasteiger partial charge in [0.2, 0.25) is 0 Å². The predicted molar refractivity (Wildman–Crippen MR) is 72.3 cm³/mol. The van der Waals surface area contributed by atoms with Crippen LogP contribution in [0.2, 0.25) is 0 Å². The summed E-state index contributed by atoms with van der Waals surface area (Å²) >= 11 is 4.98. The molecule has 0 aliphatic carbocycles. The van der Waals surface area contributed by atoms with Gasteiger partial charge in [-0.05, 0) is 40.5 Å². The molecule has 86 valence electrons. The molecule has 0 atom stereocenters. The molecule has 2 rings (SSSR count). The molecular weight excluding hydrogens is 298 g/mol. The number of rotatable bonds is 3. The van der Waals surface area contributed by atoms with E-state index in [0.29, 0.717) is 5.75 Å². The number of aromatic nitrogens is 2. The second-order valence-corrected chi connectivity index (χ2v) is 5.28. The molecule has 0 bridgehead atoms. The van der Waals surface area contributed by atoms with Crippen LogP contribution in [0.3, 0.4) is 0 Å². The molecule has 0 saturated carbocycles. The minimum absolute atomic E-state index is 0.403. The van der Waals surface area contributed by atoms with E-state index in [-0.39, 0.29) is 0 Å². The highest BCUT2D eigenvalue weighted by Crippen LogP contribution is 2.26. The van der Waals surface area contributed by atoms with Crippen LogP contribution in [-0.4, -0.2) is 15.3 Å². The Morgan fingerprint density at radius 1 is 1.53 bits per heavy atom. The summed E-state index contributed by atoms with van der Waals surface area (Å²) in [5.74, 6) is 0.403. The van der Waals surface area contributed by atoms with E-state index in [1.54, 1.807) is 6.20 Å². The zero-order chi connectivity index (χ0) is 12.3. The van der Waals surface area contributed by atoms with Gasteiger partial charge in [0.05, 0.1) is 17.5 Å². The van der Waals surface area contributed by atoms with Crippen molar-refractivity contribution < 1.29 is 0 Å². The van der Waals surface area contributed by atoms with E-state index in [0.717, 1.165) is 15.3 Å². The van der Waals surface area contributed by atoms with E-state index >= 15 is 0 Å². The highest BCUT2D eigenvalue weighted by Gasteiger charge is 2.08. The standard InChI is InChI=1S/C12H10BrN3S/c1-9-2-3-11(10(13)8-9)16-6-5-15-12(16)17-7-4-14/h2-3,5-6,8H,7H2,1H3. The first-order chi connectivity index (χ1) is 8.22. The number of imidazole rings is 1. The summed E-state index contributed by atoms with van der Waals surface area (Å²) in [6, 6.07) is 8.26. The molecule has 0 radical (unpaired) electrons. The molecule has 17 heavy (non-hydrogen) atoms. The summed E-state index contributed by atoms with van der Waals surface area (Å²) < 4.78 is 3.00. The van der Waals surface area contributed by atoms with E-state index in [2.05, 4.69) is 39.1 Å². The summed E-state index contributed by atoms with van der Waals surface area (Å²) in [6.07, 6.45) is 3.64. The second kappa shape index (κ2) is 5.39. The highest BCUT2D eigenvalue weighted by atomic mass is 79.9. The molecule has 5 heteroatoms. The van der Waals surface area contributed by atoms with Crippen molar-refractivity contribution in [1.29, 1.82) is 5.26 Å². The van der Waals surface area contributed by atoms with Gasteiger partial charge in [-0.15, -0.1) is 0 Å². The molecule has 0 N–H and O–H groups in total. The Balaban J connectivity index is 2.40. The van der Waals surface area contributed by atoms with Gasteiger partial charge in [-0.3, -0.25) is 4.57 Å². The molecule has 0 aliphatic rings. The smallest absolute Gasteiger partial charge is 0.173 e. The summed E-state index contributed by atoms with van der Waals surface area (Å²) in [6.45, 7) is 2.05. The third-order valence-corrected chi connectivity index (χ3v) is 3.70. The monoisotopic (exact) mass is 307 g/mol. The fourth-order valence-electron chi connectivity index (χ4n) is 1.48. The van der Waals surface area contributed by atoms with E-state index in [1.165, 1.54) is 17.3 Å². The van der Waals surface area contributed by atoms with Crippen molar-refractivity contribution in [1.82, 2.24) is 9.55 Å². The van der Waals surface area contributed by atoms with Crippen molar-refractivity contribution in [2.75, 3.05) is 5.75 Å². The van der Waals surface area contributed by atoms with Crippen molar-refractivity contribution in [3.63, 3.8) is 0 Å². The zero-order valence-corrected chi connectivity index (χ0v) is 11.6. The molecule has 0 saturated heterocycles. The average Bonchev–Trinajstić information content (AvgIpc) is 2.74. The molecule has 0 aliphatic heterocycles. The summed E-state index contributed by atoms with van der Waals surface area (Å²) in [7, 11) is 0. The maximum absolute atomic E-state index is 8.60. The maximum atomic E-state index is 8.60. The molecular formula is C12H10BrN3S. The van der Waals surface area contributed by atoms with Crippen LogP contribution in [0.25, 0.3) is 5.69 Å². The number of hydrogen-bond donors (Lipinski definition) is 0. The zero-order valence-electron chi connectivity index (χ0n) is 9.22. The van der Waals surface area contributed by atoms with E-state index in [9.17, 15) is 0 Å². The van der Waals surface area contributed by atoms with Gasteiger partial charge in [-0.25, -0.2) is 4.98 Å². The van der Waals surface area contributed by atoms with Gasteiger partial charge in [0.1, 0.15) is 0 Å². The lowest BCUT2D eigenvalue weighted by atomic mass is 10.2. The Kier molecular flexibility index (Phi) is 3.87. The van der Waals surface area contributed by atoms with Gasteiger partial charge in [-0.1, -0.05) is 17.8 Å². The highest BCUT2D eigenvalue weighted by molar-refractivity contribution is 9.10. The van der Waals surface area contributed by atoms with Crippen molar-refractivity contribution in [2.45, 2.75) is 12.1 Å². The lowest BCUT2D eigenvalue weighted by molar-refractivity contribution is 0.892. The van der Waals surface area contributed by atoms with Crippen LogP contribution < -0.4 is 0 Å². The lowest BCUT2D eigenvalue weighted by Crippen LogP contribution is -1.96. The molecule has 1 aromatic heterocycles. The maximum Gasteiger partial charge on any atom is 0.173 e. The number of nitriles is 1. The SMILES string of the molecule is Cc1ccc(-n2ccnc2SCC#N)c(Br)c1. The molecule has 0 amide bonds. The van der Waals surface area contributed by atoms with Crippen LogP contribution in [0.15, 0.2) is 40.2 Å². The lowest BCUT2D eigenvalue weighted by Gasteiger charge is -2.09. The molecule has 0 fully saturated rings. The van der Waals surface area contributed by atoms with E-state index in [4.69, 9.17) is 5.26 Å². The Morgan fingerprint density at radius 3 is 3.06 bits per heavy atom. The van der Waals surface area contributed by atoms with E-state index < -0.39 is 0 Å². The number of halogens is 1. The Hall–Kier alpha value is -1.25. The molecule has 0 unspecified atom stereocenters. The first-order valence-corrected chi connectivity index (χ1v) is 6.80. The number of hydrogen-bond acceptors (Lipinski definition) is 3. The minimum atomic E-state index is 0.403. The van der Waals surface area contributed by atoms with Crippen molar-refractivity contribution in [3.05, 3.63) is 40.6 Å². The van der Waals surface area contributed by atoms with Gasteiger partial charge >= 0.3 is 0 Å². The first-order valence-electron chi connectivity index (χ1n) is 5.02. The van der Waals surface area contributed by atoms with E-state index in [1.807, 2.05) is 23.8 Å². The third kappa shape index (κ3) is 2.71. The largest absolute Gasteiger partial charge is 0.294 e. The van der Waals surface area contributed by atoms with Crippen LogP contribution in [0, 0.1) is 18.3 Å². The van der Waals surface area contributed by atoms with Crippen molar-refractivity contribution in [2.24, 2.45) is 0 Å². The number of aryl methyl sites for hydroxylation is 1. The van der Waals surface area contributed by atoms with Gasteiger partial charge in [-0.2, -0.15) is 5.26 Å².